The highest BCUT2D eigenvalue weighted by atomic mass is 15.2. The number of hydrogen-bond acceptors (Lipinski definition) is 2. The van der Waals surface area contributed by atoms with E-state index in [1.165, 1.54) is 93.6 Å². The van der Waals surface area contributed by atoms with Gasteiger partial charge in [-0.15, -0.1) is 0 Å². The van der Waals surface area contributed by atoms with E-state index >= 15 is 0 Å². The maximum atomic E-state index is 4.31. The normalized spacial score (nSPS) is 40.8. The molecule has 1 aromatic carbocycles. The Balaban J connectivity index is 1.11. The summed E-state index contributed by atoms with van der Waals surface area (Å²) < 4.78 is 0. The smallest absolute Gasteiger partial charge is 0.0346 e. The van der Waals surface area contributed by atoms with Crippen LogP contribution in [-0.4, -0.2) is 29.0 Å². The largest absolute Gasteiger partial charge is 0.300 e. The molecule has 2 heterocycles. The van der Waals surface area contributed by atoms with Gasteiger partial charge in [-0.3, -0.25) is 4.98 Å². The zero-order valence-corrected chi connectivity index (χ0v) is 20.4. The molecular formula is C31H40N2. The number of nitrogens with zero attached hydrogens (tertiary/aromatic N) is 2. The molecule has 1 aliphatic heterocycles. The molecule has 2 aromatic rings. The van der Waals surface area contributed by atoms with Gasteiger partial charge in [0.05, 0.1) is 0 Å². The zero-order chi connectivity index (χ0) is 22.0. The lowest BCUT2D eigenvalue weighted by atomic mass is 9.49. The van der Waals surface area contributed by atoms with Crippen LogP contribution in [0.2, 0.25) is 0 Å². The molecule has 0 N–H and O–H groups in total. The summed E-state index contributed by atoms with van der Waals surface area (Å²) in [5.74, 6) is 4.91. The second kappa shape index (κ2) is 7.94. The molecule has 0 bridgehead atoms. The summed E-state index contributed by atoms with van der Waals surface area (Å²) in [4.78, 5) is 7.16. The molecule has 3 saturated carbocycles. The molecule has 5 aliphatic rings. The lowest BCUT2D eigenvalue weighted by Gasteiger charge is -2.56. The summed E-state index contributed by atoms with van der Waals surface area (Å²) in [6.45, 7) is 5.39. The van der Waals surface area contributed by atoms with Crippen molar-refractivity contribution in [3.63, 3.8) is 0 Å². The SMILES string of the molecule is C[C@]12CC[C@H]3[C@@H](CC[C@H]4C[C@@H](N5CCCC5)CC[C@@H]43)[C@@H]1CC=C2c1ccc2cnccc2c1. The highest BCUT2D eigenvalue weighted by Crippen LogP contribution is 2.64. The fourth-order valence-corrected chi connectivity index (χ4v) is 9.53. The summed E-state index contributed by atoms with van der Waals surface area (Å²) in [6, 6.07) is 10.2. The average Bonchev–Trinajstić information content (AvgIpc) is 3.51. The van der Waals surface area contributed by atoms with Gasteiger partial charge >= 0.3 is 0 Å². The average molecular weight is 441 g/mol. The fourth-order valence-electron chi connectivity index (χ4n) is 9.53. The summed E-state index contributed by atoms with van der Waals surface area (Å²) in [5.41, 5.74) is 3.50. The molecule has 2 nitrogen and oxygen atoms in total. The Labute approximate surface area is 199 Å². The van der Waals surface area contributed by atoms with Gasteiger partial charge in [0.2, 0.25) is 0 Å². The molecule has 4 aliphatic carbocycles. The van der Waals surface area contributed by atoms with Crippen molar-refractivity contribution in [1.29, 1.82) is 0 Å². The van der Waals surface area contributed by atoms with E-state index in [2.05, 4.69) is 47.1 Å². The van der Waals surface area contributed by atoms with Crippen LogP contribution in [0.4, 0.5) is 0 Å². The quantitative estimate of drug-likeness (QED) is 0.485. The van der Waals surface area contributed by atoms with Crippen LogP contribution in [0.3, 0.4) is 0 Å². The molecule has 4 fully saturated rings. The van der Waals surface area contributed by atoms with E-state index in [0.717, 1.165) is 35.6 Å². The van der Waals surface area contributed by atoms with Gasteiger partial charge in [-0.25, -0.2) is 0 Å². The number of fused-ring (bicyclic) bond motifs is 6. The number of allylic oxidation sites excluding steroid dienone is 2. The molecule has 2 heteroatoms. The Morgan fingerprint density at radius 1 is 0.909 bits per heavy atom. The predicted molar refractivity (Wildman–Crippen MR) is 137 cm³/mol. The van der Waals surface area contributed by atoms with Crippen LogP contribution in [0.25, 0.3) is 16.3 Å². The fraction of sp³-hybridized carbons (Fsp3) is 0.645. The third kappa shape index (κ3) is 3.27. The van der Waals surface area contributed by atoms with Gasteiger partial charge in [-0.2, -0.15) is 0 Å². The van der Waals surface area contributed by atoms with Crippen molar-refractivity contribution in [3.05, 3.63) is 48.3 Å². The number of benzene rings is 1. The molecule has 0 unspecified atom stereocenters. The first kappa shape index (κ1) is 20.7. The monoisotopic (exact) mass is 440 g/mol. The Hall–Kier alpha value is -1.67. The number of likely N-dealkylation sites (tertiary alicyclic amines) is 1. The summed E-state index contributed by atoms with van der Waals surface area (Å²) in [5, 5.41) is 2.59. The minimum Gasteiger partial charge on any atom is -0.300 e. The summed E-state index contributed by atoms with van der Waals surface area (Å²) in [7, 11) is 0. The molecule has 33 heavy (non-hydrogen) atoms. The molecule has 0 radical (unpaired) electrons. The molecule has 1 aromatic heterocycles. The van der Waals surface area contributed by atoms with E-state index in [-0.39, 0.29) is 0 Å². The van der Waals surface area contributed by atoms with E-state index in [1.54, 1.807) is 5.57 Å². The van der Waals surface area contributed by atoms with Crippen LogP contribution in [0.1, 0.15) is 76.7 Å². The van der Waals surface area contributed by atoms with Crippen LogP contribution in [0, 0.1) is 35.0 Å². The summed E-state index contributed by atoms with van der Waals surface area (Å²) in [6.07, 6.45) is 21.2. The van der Waals surface area contributed by atoms with Gasteiger partial charge in [0.1, 0.15) is 0 Å². The maximum absolute atomic E-state index is 4.31. The molecule has 7 rings (SSSR count). The van der Waals surface area contributed by atoms with E-state index in [1.807, 2.05) is 12.4 Å². The summed E-state index contributed by atoms with van der Waals surface area (Å²) >= 11 is 0. The predicted octanol–water partition coefficient (Wildman–Crippen LogP) is 7.35. The van der Waals surface area contributed by atoms with Gasteiger partial charge in [0.25, 0.3) is 0 Å². The third-order valence-electron chi connectivity index (χ3n) is 11.1. The first-order valence-electron chi connectivity index (χ1n) is 14.0. The van der Waals surface area contributed by atoms with Crippen LogP contribution in [0.5, 0.6) is 0 Å². The molecule has 174 valence electrons. The van der Waals surface area contributed by atoms with Crippen molar-refractivity contribution < 1.29 is 0 Å². The first-order valence-corrected chi connectivity index (χ1v) is 14.0. The minimum absolute atomic E-state index is 0.376. The van der Waals surface area contributed by atoms with E-state index < -0.39 is 0 Å². The number of aromatic nitrogens is 1. The highest BCUT2D eigenvalue weighted by Gasteiger charge is 2.55. The number of rotatable bonds is 2. The highest BCUT2D eigenvalue weighted by molar-refractivity contribution is 5.86. The molecular weight excluding hydrogens is 400 g/mol. The van der Waals surface area contributed by atoms with Crippen LogP contribution >= 0.6 is 0 Å². The number of hydrogen-bond donors (Lipinski definition) is 0. The topological polar surface area (TPSA) is 16.1 Å². The van der Waals surface area contributed by atoms with Crippen LogP contribution in [-0.2, 0) is 0 Å². The Morgan fingerprint density at radius 2 is 1.79 bits per heavy atom. The second-order valence-electron chi connectivity index (χ2n) is 12.4. The van der Waals surface area contributed by atoms with Gasteiger partial charge in [-0.05, 0) is 141 Å². The van der Waals surface area contributed by atoms with Crippen molar-refractivity contribution in [3.8, 4) is 0 Å². The second-order valence-corrected chi connectivity index (χ2v) is 12.4. The minimum atomic E-state index is 0.376. The van der Waals surface area contributed by atoms with Crippen LogP contribution in [0.15, 0.2) is 42.7 Å². The van der Waals surface area contributed by atoms with Gasteiger partial charge in [0.15, 0.2) is 0 Å². The van der Waals surface area contributed by atoms with E-state index in [4.69, 9.17) is 0 Å². The first-order chi connectivity index (χ1) is 16.2. The van der Waals surface area contributed by atoms with Crippen molar-refractivity contribution in [2.24, 2.45) is 35.0 Å². The van der Waals surface area contributed by atoms with Crippen LogP contribution < -0.4 is 0 Å². The van der Waals surface area contributed by atoms with Crippen molar-refractivity contribution >= 4 is 16.3 Å². The maximum Gasteiger partial charge on any atom is 0.0346 e. The molecule has 0 amide bonds. The standard InChI is InChI=1S/C31H40N2/c1-31-14-12-27-26-9-7-25(33-16-2-3-17-33)19-22(26)6-8-28(27)30(31)11-10-29(31)23-4-5-24-20-32-15-13-21(24)18-23/h4-5,10,13,15,18,20,22,25-28,30H,2-3,6-9,11-12,14,16-17,19H2,1H3/t22-,25-,26-,27+,28+,30-,31+/m0/s1. The molecule has 1 saturated heterocycles. The van der Waals surface area contributed by atoms with Gasteiger partial charge in [-0.1, -0.05) is 25.1 Å². The Kier molecular flexibility index (Phi) is 4.98. The van der Waals surface area contributed by atoms with Crippen molar-refractivity contribution in [2.45, 2.75) is 77.2 Å². The van der Waals surface area contributed by atoms with Gasteiger partial charge in [0, 0.05) is 23.8 Å². The Morgan fingerprint density at radius 3 is 2.70 bits per heavy atom. The van der Waals surface area contributed by atoms with E-state index in [0.29, 0.717) is 5.41 Å². The Bertz CT molecular complexity index is 1070. The third-order valence-corrected chi connectivity index (χ3v) is 11.1. The molecule has 0 spiro atoms. The van der Waals surface area contributed by atoms with Gasteiger partial charge < -0.3 is 4.90 Å². The lowest BCUT2D eigenvalue weighted by molar-refractivity contribution is -0.0499. The van der Waals surface area contributed by atoms with Crippen molar-refractivity contribution in [2.75, 3.05) is 13.1 Å². The number of pyridine rings is 1. The molecule has 7 atom stereocenters. The lowest BCUT2D eigenvalue weighted by Crippen LogP contribution is -2.50. The zero-order valence-electron chi connectivity index (χ0n) is 20.4. The van der Waals surface area contributed by atoms with Crippen molar-refractivity contribution in [1.82, 2.24) is 9.88 Å². The van der Waals surface area contributed by atoms with E-state index in [9.17, 15) is 0 Å².